The Balaban J connectivity index is 1.20. The Labute approximate surface area is 593 Å². The fourth-order valence-corrected chi connectivity index (χ4v) is 14.4. The number of carbonyl (C=O) groups is 1. The van der Waals surface area contributed by atoms with Gasteiger partial charge in [0.1, 0.15) is 67.1 Å². The van der Waals surface area contributed by atoms with Gasteiger partial charge in [-0.05, 0) is 35.1 Å². The molecular weight excluding hydrogens is 1280 g/mol. The largest absolute Gasteiger partial charge is 0.472 e. The van der Waals surface area contributed by atoms with E-state index in [0.29, 0.717) is 12.8 Å². The number of amides is 1. The lowest BCUT2D eigenvalue weighted by Crippen LogP contribution is -2.67. The van der Waals surface area contributed by atoms with E-state index < -0.39 is 106 Å². The number of hydrogen-bond acceptors (Lipinski definition) is 16. The number of ether oxygens (including phenoxy) is 5. The SMILES string of the molecule is CCCCCCCCCCCCCCCCCCCCCCCCCC(=O)N[C@@H](COP(=O)(O)O[C@@H]1[C@H](O)[C@H](O)[C@@H](O)[C@H](O)[C@H]1O[C@H]1O[C@H](COCc2ccccc2)[C@@H](OCc2ccccc2)[C@H](OCc2ccccc2)[C@H]1N=[N+]=[N-])[C@H](O)[C@H](O)CCCCCCCCCCCCCCC. The molecule has 562 valence electrons. The molecular formula is C78H129N4O16P. The molecule has 8 N–H and O–H groups in total. The third-order valence-electron chi connectivity index (χ3n) is 19.5. The van der Waals surface area contributed by atoms with Gasteiger partial charge in [0.25, 0.3) is 0 Å². The van der Waals surface area contributed by atoms with Gasteiger partial charge in [-0.3, -0.25) is 13.8 Å². The summed E-state index contributed by atoms with van der Waals surface area (Å²) in [5.74, 6) is -0.464. The number of benzene rings is 3. The van der Waals surface area contributed by atoms with Crippen molar-refractivity contribution in [3.63, 3.8) is 0 Å². The zero-order chi connectivity index (χ0) is 71.0. The molecule has 21 heteroatoms. The van der Waals surface area contributed by atoms with Crippen LogP contribution in [0.1, 0.15) is 275 Å². The first kappa shape index (κ1) is 85.8. The summed E-state index contributed by atoms with van der Waals surface area (Å²) in [7, 11) is -5.51. The Kier molecular flexibility index (Phi) is 45.9. The third kappa shape index (κ3) is 35.4. The number of nitrogens with one attached hydrogen (secondary N) is 1. The van der Waals surface area contributed by atoms with Crippen LogP contribution in [0.5, 0.6) is 0 Å². The first-order chi connectivity index (χ1) is 48.3. The maximum Gasteiger partial charge on any atom is 0.472 e. The normalized spacial score (nSPS) is 23.3. The van der Waals surface area contributed by atoms with Gasteiger partial charge in [0.15, 0.2) is 6.29 Å². The molecule has 0 bridgehead atoms. The van der Waals surface area contributed by atoms with Crippen LogP contribution >= 0.6 is 7.82 Å². The number of unbranched alkanes of at least 4 members (excludes halogenated alkanes) is 34. The summed E-state index contributed by atoms with van der Waals surface area (Å²) in [6, 6.07) is 25.0. The smallest absolute Gasteiger partial charge is 0.390 e. The standard InChI is InChI=1S/C78H129N4O16P/c1-3-5-7-9-11-13-15-17-18-19-20-21-22-23-24-25-26-28-30-32-34-36-47-55-67(84)80-64(69(85)65(83)54-46-35-33-31-29-27-16-14-12-10-8-6-4-2)59-95-99(90,91)98-77-73(89)71(87)70(86)72(88)76(77)97-78-68(81-82-79)75(94-58-63-52-44-39-45-53-63)74(93-57-62-50-42-38-43-51-62)66(96-78)60-92-56-61-48-40-37-41-49-61/h37-45,48-53,64-66,68-78,83,85-89H,3-36,46-47,54-60H2,1-2H3,(H,80,84)(H,90,91)/t64-,65+,66+,68+,69-,70+,71+,72-,73+,74+,75+,76+,77+,78+/m0/s1. The zero-order valence-electron chi connectivity index (χ0n) is 60.2. The molecule has 3 aromatic rings. The van der Waals surface area contributed by atoms with Gasteiger partial charge in [-0.15, -0.1) is 0 Å². The lowest BCUT2D eigenvalue weighted by atomic mass is 9.84. The van der Waals surface area contributed by atoms with Crippen LogP contribution in [0.4, 0.5) is 0 Å². The number of carbonyl (C=O) groups excluding carboxylic acids is 1. The van der Waals surface area contributed by atoms with Crippen molar-refractivity contribution >= 4 is 13.7 Å². The Morgan fingerprint density at radius 1 is 0.525 bits per heavy atom. The molecule has 1 saturated heterocycles. The molecule has 20 nitrogen and oxygen atoms in total. The Hall–Kier alpha value is -3.89. The highest BCUT2D eigenvalue weighted by Crippen LogP contribution is 2.48. The maximum absolute atomic E-state index is 14.3. The first-order valence-electron chi connectivity index (χ1n) is 38.6. The van der Waals surface area contributed by atoms with Crippen molar-refractivity contribution in [2.45, 2.75) is 363 Å². The van der Waals surface area contributed by atoms with Crippen LogP contribution < -0.4 is 5.32 Å². The van der Waals surface area contributed by atoms with E-state index in [-0.39, 0.29) is 39.3 Å². The molecule has 0 spiro atoms. The van der Waals surface area contributed by atoms with E-state index >= 15 is 0 Å². The fraction of sp³-hybridized carbons (Fsp3) is 0.756. The molecule has 3 aromatic carbocycles. The van der Waals surface area contributed by atoms with Gasteiger partial charge in [0.2, 0.25) is 5.91 Å². The van der Waals surface area contributed by atoms with E-state index in [1.807, 2.05) is 91.0 Å². The molecule has 99 heavy (non-hydrogen) atoms. The van der Waals surface area contributed by atoms with Gasteiger partial charge in [-0.2, -0.15) is 0 Å². The second kappa shape index (κ2) is 53.0. The minimum Gasteiger partial charge on any atom is -0.390 e. The Morgan fingerprint density at radius 3 is 1.33 bits per heavy atom. The molecule has 1 saturated carbocycles. The van der Waals surface area contributed by atoms with Gasteiger partial charge >= 0.3 is 7.82 Å². The van der Waals surface area contributed by atoms with Crippen LogP contribution in [-0.4, -0.2) is 140 Å². The molecule has 1 aliphatic heterocycles. The maximum atomic E-state index is 14.3. The van der Waals surface area contributed by atoms with Crippen LogP contribution in [-0.2, 0) is 61.9 Å². The minimum atomic E-state index is -5.51. The highest BCUT2D eigenvalue weighted by Gasteiger charge is 2.56. The van der Waals surface area contributed by atoms with Crippen LogP contribution in [0.3, 0.4) is 0 Å². The van der Waals surface area contributed by atoms with Crippen molar-refractivity contribution in [1.29, 1.82) is 0 Å². The van der Waals surface area contributed by atoms with Crippen LogP contribution in [0.2, 0.25) is 0 Å². The van der Waals surface area contributed by atoms with Crippen molar-refractivity contribution in [2.75, 3.05) is 13.2 Å². The summed E-state index contributed by atoms with van der Waals surface area (Å²) < 4.78 is 57.8. The molecule has 0 radical (unpaired) electrons. The molecule has 1 aliphatic carbocycles. The molecule has 2 aliphatic rings. The first-order valence-corrected chi connectivity index (χ1v) is 40.1. The molecule has 2 fully saturated rings. The Morgan fingerprint density at radius 2 is 0.909 bits per heavy atom. The number of aliphatic hydroxyl groups excluding tert-OH is 6. The molecule has 1 unspecified atom stereocenters. The van der Waals surface area contributed by atoms with Crippen molar-refractivity contribution < 1.29 is 77.6 Å². The Bertz CT molecular complexity index is 2570. The van der Waals surface area contributed by atoms with E-state index in [1.54, 1.807) is 0 Å². The summed E-state index contributed by atoms with van der Waals surface area (Å²) in [4.78, 5) is 28.3. The van der Waals surface area contributed by atoms with Crippen molar-refractivity contribution in [1.82, 2.24) is 5.32 Å². The van der Waals surface area contributed by atoms with Crippen molar-refractivity contribution in [2.24, 2.45) is 5.11 Å². The molecule has 0 aromatic heterocycles. The third-order valence-corrected chi connectivity index (χ3v) is 20.5. The fourth-order valence-electron chi connectivity index (χ4n) is 13.5. The van der Waals surface area contributed by atoms with Gasteiger partial charge in [-0.25, -0.2) is 4.57 Å². The predicted octanol–water partition coefficient (Wildman–Crippen LogP) is 16.2. The van der Waals surface area contributed by atoms with Crippen LogP contribution in [0, 0.1) is 0 Å². The average molecular weight is 1410 g/mol. The second-order valence-electron chi connectivity index (χ2n) is 28.0. The summed E-state index contributed by atoms with van der Waals surface area (Å²) in [5.41, 5.74) is 12.6. The number of phosphoric ester groups is 1. The lowest BCUT2D eigenvalue weighted by Gasteiger charge is -2.48. The minimum absolute atomic E-state index is 0.0167. The van der Waals surface area contributed by atoms with Crippen molar-refractivity contribution in [3.05, 3.63) is 118 Å². The molecule has 1 amide bonds. The topological polar surface area (TPSA) is 301 Å². The quantitative estimate of drug-likeness (QED) is 0.00856. The van der Waals surface area contributed by atoms with E-state index in [9.17, 15) is 50.4 Å². The second-order valence-corrected chi connectivity index (χ2v) is 29.4. The summed E-state index contributed by atoms with van der Waals surface area (Å²) in [5, 5.41) is 75.6. The van der Waals surface area contributed by atoms with Crippen LogP contribution in [0.25, 0.3) is 10.4 Å². The van der Waals surface area contributed by atoms with Gasteiger partial charge in [0, 0.05) is 11.3 Å². The average Bonchev–Trinajstić information content (AvgIpc) is 0.769. The predicted molar refractivity (Wildman–Crippen MR) is 388 cm³/mol. The summed E-state index contributed by atoms with van der Waals surface area (Å²) in [6.45, 7) is 3.66. The van der Waals surface area contributed by atoms with E-state index in [1.165, 1.54) is 167 Å². The number of rotatable bonds is 59. The molecule has 15 atom stereocenters. The molecule has 1 heterocycles. The van der Waals surface area contributed by atoms with Crippen LogP contribution in [0.15, 0.2) is 96.1 Å². The van der Waals surface area contributed by atoms with Gasteiger partial charge < -0.3 is 64.5 Å². The monoisotopic (exact) mass is 1410 g/mol. The van der Waals surface area contributed by atoms with E-state index in [0.717, 1.165) is 68.1 Å². The van der Waals surface area contributed by atoms with E-state index in [2.05, 4.69) is 29.2 Å². The number of aliphatic hydroxyl groups is 6. The van der Waals surface area contributed by atoms with Gasteiger partial charge in [-0.1, -0.05) is 335 Å². The van der Waals surface area contributed by atoms with Crippen molar-refractivity contribution in [3.8, 4) is 0 Å². The number of phosphoric acid groups is 1. The number of hydrogen-bond donors (Lipinski definition) is 8. The highest BCUT2D eigenvalue weighted by atomic mass is 31.2. The highest BCUT2D eigenvalue weighted by molar-refractivity contribution is 7.47. The number of azide groups is 1. The van der Waals surface area contributed by atoms with Gasteiger partial charge in [0.05, 0.1) is 45.2 Å². The van der Waals surface area contributed by atoms with E-state index in [4.69, 9.17) is 32.7 Å². The summed E-state index contributed by atoms with van der Waals surface area (Å²) in [6.07, 6.45) is 22.6. The number of nitrogens with zero attached hydrogens (tertiary/aromatic N) is 3. The lowest BCUT2D eigenvalue weighted by molar-refractivity contribution is -0.324. The zero-order valence-corrected chi connectivity index (χ0v) is 61.1. The summed E-state index contributed by atoms with van der Waals surface area (Å²) >= 11 is 0. The molecule has 5 rings (SSSR count).